The van der Waals surface area contributed by atoms with E-state index in [1.807, 2.05) is 7.11 Å². The maximum absolute atomic E-state index is 12.2. The zero-order valence-corrected chi connectivity index (χ0v) is 24.3. The summed E-state index contributed by atoms with van der Waals surface area (Å²) in [4.78, 5) is 29.8. The number of aliphatic hydroxyl groups excluding tert-OH is 1. The molecule has 0 aromatic carbocycles. The lowest BCUT2D eigenvalue weighted by molar-refractivity contribution is -0.263. The van der Waals surface area contributed by atoms with E-state index in [9.17, 15) is 14.5 Å². The Bertz CT molecular complexity index is 939. The number of fused-ring (bicyclic) bond motifs is 2. The van der Waals surface area contributed by atoms with Gasteiger partial charge in [-0.05, 0) is 98.7 Å². The van der Waals surface area contributed by atoms with Crippen LogP contribution < -0.4 is 0 Å². The monoisotopic (exact) mass is 558 g/mol. The van der Waals surface area contributed by atoms with E-state index in [1.54, 1.807) is 0 Å². The summed E-state index contributed by atoms with van der Waals surface area (Å²) in [6.45, 7) is 8.40. The van der Waals surface area contributed by atoms with Crippen LogP contribution in [0.3, 0.4) is 0 Å². The number of phosphoric acid groups is 1. The molecule has 4 saturated carbocycles. The highest BCUT2D eigenvalue weighted by molar-refractivity contribution is 7.46. The number of aliphatic hydroxyl groups is 1. The van der Waals surface area contributed by atoms with Crippen LogP contribution in [0.5, 0.6) is 0 Å². The molecule has 4 aliphatic carbocycles. The van der Waals surface area contributed by atoms with E-state index in [2.05, 4.69) is 32.2 Å². The number of phosphoric ester groups is 1. The molecule has 218 valence electrons. The molecule has 9 nitrogen and oxygen atoms in total. The first-order chi connectivity index (χ1) is 17.8. The summed E-state index contributed by atoms with van der Waals surface area (Å²) < 4.78 is 32.5. The third-order valence-electron chi connectivity index (χ3n) is 12.1. The second-order valence-corrected chi connectivity index (χ2v) is 14.8. The lowest BCUT2D eigenvalue weighted by atomic mass is 9.42. The maximum Gasteiger partial charge on any atom is 0.472 e. The second-order valence-electron chi connectivity index (χ2n) is 13.6. The van der Waals surface area contributed by atoms with Crippen molar-refractivity contribution in [2.75, 3.05) is 13.9 Å². The summed E-state index contributed by atoms with van der Waals surface area (Å²) in [7, 11) is -2.85. The first-order valence-corrected chi connectivity index (χ1v) is 16.0. The molecule has 0 bridgehead atoms. The molecule has 0 aromatic rings. The van der Waals surface area contributed by atoms with Crippen LogP contribution in [0.1, 0.15) is 79.1 Å². The van der Waals surface area contributed by atoms with Gasteiger partial charge >= 0.3 is 13.8 Å². The van der Waals surface area contributed by atoms with E-state index in [-0.39, 0.29) is 41.3 Å². The van der Waals surface area contributed by atoms with Gasteiger partial charge in [0.05, 0.1) is 24.4 Å². The van der Waals surface area contributed by atoms with Crippen molar-refractivity contribution in [1.82, 2.24) is 0 Å². The quantitative estimate of drug-likeness (QED) is 0.227. The summed E-state index contributed by atoms with van der Waals surface area (Å²) in [5.74, 6) is 2.16. The van der Waals surface area contributed by atoms with Gasteiger partial charge < -0.3 is 29.1 Å². The number of esters is 1. The molecule has 5 fully saturated rings. The lowest BCUT2D eigenvalue weighted by Crippen LogP contribution is -2.66. The molecule has 13 unspecified atom stereocenters. The zero-order valence-electron chi connectivity index (χ0n) is 23.5. The molecule has 0 aromatic heterocycles. The molecular weight excluding hydrogens is 511 g/mol. The number of carbonyl (C=O) groups excluding carboxylic acids is 1. The van der Waals surface area contributed by atoms with Gasteiger partial charge in [0.2, 0.25) is 6.79 Å². The molecule has 38 heavy (non-hydrogen) atoms. The first kappa shape index (κ1) is 29.0. The first-order valence-electron chi connectivity index (χ1n) is 14.5. The van der Waals surface area contributed by atoms with Gasteiger partial charge in [0.1, 0.15) is 0 Å². The summed E-state index contributed by atoms with van der Waals surface area (Å²) >= 11 is 0. The van der Waals surface area contributed by atoms with Crippen molar-refractivity contribution in [3.8, 4) is 0 Å². The van der Waals surface area contributed by atoms with Crippen molar-refractivity contribution in [3.63, 3.8) is 0 Å². The van der Waals surface area contributed by atoms with E-state index >= 15 is 0 Å². The molecule has 3 N–H and O–H groups in total. The van der Waals surface area contributed by atoms with Gasteiger partial charge in [-0.1, -0.05) is 20.8 Å². The zero-order chi connectivity index (χ0) is 27.6. The van der Waals surface area contributed by atoms with Crippen molar-refractivity contribution in [2.24, 2.45) is 52.3 Å². The third-order valence-corrected chi connectivity index (χ3v) is 12.6. The van der Waals surface area contributed by atoms with Crippen molar-refractivity contribution in [2.45, 2.75) is 103 Å². The van der Waals surface area contributed by atoms with Crippen LogP contribution in [-0.2, 0) is 28.1 Å². The number of ether oxygens (including phenoxy) is 3. The summed E-state index contributed by atoms with van der Waals surface area (Å²) in [5.41, 5.74) is -0.0302. The highest BCUT2D eigenvalue weighted by Crippen LogP contribution is 2.72. The molecule has 0 radical (unpaired) electrons. The Morgan fingerprint density at radius 3 is 2.61 bits per heavy atom. The van der Waals surface area contributed by atoms with Crippen molar-refractivity contribution < 1.29 is 43.0 Å². The topological polar surface area (TPSA) is 132 Å². The van der Waals surface area contributed by atoms with E-state index in [0.717, 1.165) is 38.5 Å². The Morgan fingerprint density at radius 2 is 1.92 bits per heavy atom. The summed E-state index contributed by atoms with van der Waals surface area (Å²) in [5, 5.41) is 11.9. The largest absolute Gasteiger partial charge is 0.472 e. The van der Waals surface area contributed by atoms with Gasteiger partial charge in [-0.25, -0.2) is 9.09 Å². The second kappa shape index (κ2) is 10.4. The lowest BCUT2D eigenvalue weighted by Gasteiger charge is -2.66. The van der Waals surface area contributed by atoms with Crippen LogP contribution in [0.15, 0.2) is 0 Å². The molecule has 1 aliphatic heterocycles. The van der Waals surface area contributed by atoms with Gasteiger partial charge in [0.25, 0.3) is 0 Å². The van der Waals surface area contributed by atoms with Gasteiger partial charge in [0.15, 0.2) is 0 Å². The molecule has 13 atom stereocenters. The smallest absolute Gasteiger partial charge is 0.438 e. The number of rotatable bonds is 8. The van der Waals surface area contributed by atoms with Gasteiger partial charge in [-0.2, -0.15) is 0 Å². The number of hydrogen-bond acceptors (Lipinski definition) is 7. The minimum Gasteiger partial charge on any atom is -0.438 e. The highest BCUT2D eigenvalue weighted by atomic mass is 31.2. The van der Waals surface area contributed by atoms with Gasteiger partial charge in [-0.15, -0.1) is 0 Å². The Labute approximate surface area is 226 Å². The fourth-order valence-corrected chi connectivity index (χ4v) is 10.4. The van der Waals surface area contributed by atoms with Crippen LogP contribution in [0.25, 0.3) is 0 Å². The predicted octanol–water partition coefficient (Wildman–Crippen LogP) is 4.28. The molecule has 5 aliphatic rings. The number of carbonyl (C=O) groups is 1. The normalized spacial score (nSPS) is 48.6. The maximum atomic E-state index is 12.2. The summed E-state index contributed by atoms with van der Waals surface area (Å²) in [6.07, 6.45) is 7.24. The predicted molar refractivity (Wildman–Crippen MR) is 138 cm³/mol. The van der Waals surface area contributed by atoms with Crippen molar-refractivity contribution in [1.29, 1.82) is 0 Å². The van der Waals surface area contributed by atoms with Crippen molar-refractivity contribution in [3.05, 3.63) is 0 Å². The molecule has 10 heteroatoms. The molecule has 0 amide bonds. The van der Waals surface area contributed by atoms with E-state index in [4.69, 9.17) is 24.0 Å². The van der Waals surface area contributed by atoms with Crippen LogP contribution in [0, 0.1) is 52.3 Å². The molecular formula is C28H47O9P. The fourth-order valence-electron chi connectivity index (χ4n) is 10.2. The SMILES string of the molecule is COC1CCC2(C)C(C1)CC1OC(C)C3CC(C(C)CCC(=O)OCOP(=O)(O)O)C4(C)C(O)CC2C1C34. The third kappa shape index (κ3) is 4.82. The Morgan fingerprint density at radius 1 is 1.18 bits per heavy atom. The van der Waals surface area contributed by atoms with Crippen LogP contribution in [0.2, 0.25) is 0 Å². The van der Waals surface area contributed by atoms with Crippen LogP contribution in [0.4, 0.5) is 0 Å². The Kier molecular flexibility index (Phi) is 7.91. The van der Waals surface area contributed by atoms with Gasteiger partial charge in [-0.3, -0.25) is 4.79 Å². The standard InChI is InChI=1S/C28H47O9P/c1-15(6-7-24(30)35-14-36-38(31,32)33)20-12-19-16(2)37-22-11-17-10-18(34-5)8-9-27(17,3)21-13-23(29)28(20,4)26(19)25(21)22/h15-23,25-26,29H,6-14H2,1-5H3,(H2,31,32,33). The van der Waals surface area contributed by atoms with Crippen molar-refractivity contribution >= 4 is 13.8 Å². The Hall–Kier alpha value is -0.540. The average Bonchev–Trinajstić information content (AvgIpc) is 3.17. The minimum atomic E-state index is -4.68. The van der Waals surface area contributed by atoms with E-state index in [1.165, 1.54) is 0 Å². The van der Waals surface area contributed by atoms with E-state index in [0.29, 0.717) is 42.1 Å². The highest BCUT2D eigenvalue weighted by Gasteiger charge is 2.70. The molecule has 0 spiro atoms. The Balaban J connectivity index is 1.33. The molecule has 1 saturated heterocycles. The average molecular weight is 559 g/mol. The molecule has 5 rings (SSSR count). The van der Waals surface area contributed by atoms with Gasteiger partial charge in [0, 0.05) is 18.9 Å². The fraction of sp³-hybridized carbons (Fsp3) is 0.964. The number of hydrogen-bond donors (Lipinski definition) is 3. The van der Waals surface area contributed by atoms with E-state index < -0.39 is 26.7 Å². The van der Waals surface area contributed by atoms with Crippen LogP contribution >= 0.6 is 7.82 Å². The molecule has 1 heterocycles. The number of methoxy groups -OCH3 is 1. The van der Waals surface area contributed by atoms with Crippen LogP contribution in [-0.4, -0.2) is 59.2 Å². The summed E-state index contributed by atoms with van der Waals surface area (Å²) in [6, 6.07) is 0. The minimum absolute atomic E-state index is 0.143.